The minimum absolute atomic E-state index is 0.215. The fraction of sp³-hybridized carbons (Fsp3) is 0.321. The van der Waals surface area contributed by atoms with Crippen LogP contribution in [0.25, 0.3) is 10.9 Å². The third-order valence-electron chi connectivity index (χ3n) is 5.97. The Morgan fingerprint density at radius 2 is 1.76 bits per heavy atom. The topological polar surface area (TPSA) is 113 Å². The van der Waals surface area contributed by atoms with E-state index in [9.17, 15) is 0 Å². The molecule has 194 valence electrons. The maximum absolute atomic E-state index is 9.07. The fourth-order valence-corrected chi connectivity index (χ4v) is 4.09. The highest BCUT2D eigenvalue weighted by Gasteiger charge is 2.13. The Balaban J connectivity index is 1.53. The zero-order chi connectivity index (χ0) is 26.7. The van der Waals surface area contributed by atoms with Crippen LogP contribution in [-0.4, -0.2) is 59.3 Å². The lowest BCUT2D eigenvalue weighted by Crippen LogP contribution is -2.37. The van der Waals surface area contributed by atoms with Crippen LogP contribution in [0.5, 0.6) is 6.01 Å². The van der Waals surface area contributed by atoms with Crippen LogP contribution in [0.1, 0.15) is 28.7 Å². The van der Waals surface area contributed by atoms with Crippen molar-refractivity contribution in [3.63, 3.8) is 0 Å². The number of nitrogens with one attached hydrogen (secondary N) is 2. The molecule has 0 unspecified atom stereocenters. The lowest BCUT2D eigenvalue weighted by Gasteiger charge is -2.26. The van der Waals surface area contributed by atoms with E-state index in [2.05, 4.69) is 41.4 Å². The molecule has 3 aromatic rings. The summed E-state index contributed by atoms with van der Waals surface area (Å²) in [6.45, 7) is 15.7. The number of ether oxygens (including phenoxy) is 2. The average molecular weight is 511 g/mol. The van der Waals surface area contributed by atoms with Crippen molar-refractivity contribution in [2.24, 2.45) is 0 Å². The average Bonchev–Trinajstić information content (AvgIpc) is 2.93. The molecule has 0 spiro atoms. The van der Waals surface area contributed by atoms with Crippen molar-refractivity contribution in [2.75, 3.05) is 50.1 Å². The number of nitrogens with zero attached hydrogens (tertiary/aromatic N) is 6. The first-order chi connectivity index (χ1) is 18.5. The largest absolute Gasteiger partial charge is 0.463 e. The Bertz CT molecular complexity index is 1330. The van der Waals surface area contributed by atoms with E-state index in [4.69, 9.17) is 21.3 Å². The molecule has 38 heavy (non-hydrogen) atoms. The predicted molar refractivity (Wildman–Crippen MR) is 146 cm³/mol. The molecule has 10 heteroatoms. The quantitative estimate of drug-likeness (QED) is 0.292. The molecule has 4 rings (SSSR count). The van der Waals surface area contributed by atoms with Crippen molar-refractivity contribution >= 4 is 29.3 Å². The van der Waals surface area contributed by atoms with E-state index >= 15 is 0 Å². The molecule has 0 radical (unpaired) electrons. The van der Waals surface area contributed by atoms with E-state index in [-0.39, 0.29) is 6.01 Å². The molecule has 0 saturated carbocycles. The third-order valence-corrected chi connectivity index (χ3v) is 5.97. The van der Waals surface area contributed by atoms with Crippen LogP contribution in [0.4, 0.5) is 23.3 Å². The number of hydrogen-bond donors (Lipinski definition) is 2. The Kier molecular flexibility index (Phi) is 9.19. The number of rotatable bonds is 10. The molecule has 1 aromatic heterocycles. The fourth-order valence-electron chi connectivity index (χ4n) is 4.09. The summed E-state index contributed by atoms with van der Waals surface area (Å²) < 4.78 is 11.3. The van der Waals surface area contributed by atoms with Crippen molar-refractivity contribution in [1.29, 1.82) is 5.26 Å². The van der Waals surface area contributed by atoms with Gasteiger partial charge < -0.3 is 20.1 Å². The van der Waals surface area contributed by atoms with Crippen LogP contribution >= 0.6 is 0 Å². The van der Waals surface area contributed by atoms with Crippen molar-refractivity contribution in [3.05, 3.63) is 76.3 Å². The normalized spacial score (nSPS) is 13.6. The summed E-state index contributed by atoms with van der Waals surface area (Å²) >= 11 is 0. The first-order valence-electron chi connectivity index (χ1n) is 12.4. The molecule has 2 aromatic carbocycles. The molecule has 1 aliphatic heterocycles. The molecule has 1 aliphatic rings. The van der Waals surface area contributed by atoms with E-state index in [1.54, 1.807) is 30.3 Å². The molecule has 0 aliphatic carbocycles. The van der Waals surface area contributed by atoms with Gasteiger partial charge in [-0.25, -0.2) is 4.85 Å². The first kappa shape index (κ1) is 26.6. The van der Waals surface area contributed by atoms with Crippen LogP contribution < -0.4 is 15.4 Å². The molecular weight excluding hydrogens is 480 g/mol. The van der Waals surface area contributed by atoms with Crippen LogP contribution in [-0.2, 0) is 4.74 Å². The van der Waals surface area contributed by atoms with Crippen LogP contribution in [0.15, 0.2) is 42.6 Å². The SMILES string of the molecule is [C-]#[N+]/C=C/c1cc(C)c(Nc2nc(Nc3ccc(C#N)cc3)nc(OCCCN3CCOCC3)n2)c(C)c1. The zero-order valence-electron chi connectivity index (χ0n) is 21.6. The van der Waals surface area contributed by atoms with E-state index < -0.39 is 0 Å². The Morgan fingerprint density at radius 1 is 1.08 bits per heavy atom. The monoisotopic (exact) mass is 510 g/mol. The van der Waals surface area contributed by atoms with E-state index in [1.165, 1.54) is 6.20 Å². The smallest absolute Gasteiger partial charge is 0.323 e. The van der Waals surface area contributed by atoms with Gasteiger partial charge in [0.1, 0.15) is 0 Å². The van der Waals surface area contributed by atoms with Crippen molar-refractivity contribution in [1.82, 2.24) is 19.9 Å². The molecule has 1 fully saturated rings. The summed E-state index contributed by atoms with van der Waals surface area (Å²) in [6, 6.07) is 13.4. The van der Waals surface area contributed by atoms with Gasteiger partial charge in [-0.15, -0.1) is 0 Å². The zero-order valence-corrected chi connectivity index (χ0v) is 21.6. The minimum Gasteiger partial charge on any atom is -0.463 e. The second-order valence-electron chi connectivity index (χ2n) is 8.83. The minimum atomic E-state index is 0.215. The highest BCUT2D eigenvalue weighted by Crippen LogP contribution is 2.27. The van der Waals surface area contributed by atoms with Crippen LogP contribution in [0.2, 0.25) is 0 Å². The molecule has 0 amide bonds. The summed E-state index contributed by atoms with van der Waals surface area (Å²) in [4.78, 5) is 19.2. The number of morpholine rings is 1. The van der Waals surface area contributed by atoms with Gasteiger partial charge in [-0.1, -0.05) is 18.2 Å². The summed E-state index contributed by atoms with van der Waals surface area (Å²) in [7, 11) is 0. The predicted octanol–water partition coefficient (Wildman–Crippen LogP) is 4.84. The van der Waals surface area contributed by atoms with Gasteiger partial charge in [0.2, 0.25) is 11.9 Å². The second kappa shape index (κ2) is 13.2. The highest BCUT2D eigenvalue weighted by atomic mass is 16.5. The van der Waals surface area contributed by atoms with Crippen LogP contribution in [0.3, 0.4) is 0 Å². The number of aryl methyl sites for hydroxylation is 2. The van der Waals surface area contributed by atoms with Gasteiger partial charge in [0.05, 0.1) is 38.0 Å². The standard InChI is InChI=1S/C28H30N8O2/c1-20-17-23(9-10-30-3)18-21(2)25(20)32-27-33-26(31-24-7-5-22(19-29)6-8-24)34-28(35-27)38-14-4-11-36-12-15-37-16-13-36/h5-10,17-18H,4,11-16H2,1-2H3,(H2,31,32,33,34,35)/b10-9+. The summed E-state index contributed by atoms with van der Waals surface area (Å²) in [5, 5.41) is 15.6. The number of hydrogen-bond acceptors (Lipinski definition) is 9. The van der Waals surface area contributed by atoms with Crippen molar-refractivity contribution in [2.45, 2.75) is 20.3 Å². The third kappa shape index (κ3) is 7.50. The van der Waals surface area contributed by atoms with Gasteiger partial charge in [-0.2, -0.15) is 20.2 Å². The highest BCUT2D eigenvalue weighted by molar-refractivity contribution is 5.68. The number of benzene rings is 2. The van der Waals surface area contributed by atoms with Gasteiger partial charge in [-0.3, -0.25) is 4.90 Å². The molecular formula is C28H30N8O2. The molecule has 0 bridgehead atoms. The molecule has 2 heterocycles. The number of aromatic nitrogens is 3. The number of nitriles is 1. The Labute approximate surface area is 222 Å². The summed E-state index contributed by atoms with van der Waals surface area (Å²) in [5.74, 6) is 0.664. The van der Waals surface area contributed by atoms with Gasteiger partial charge in [0.15, 0.2) is 6.20 Å². The van der Waals surface area contributed by atoms with E-state index in [0.29, 0.717) is 24.1 Å². The second-order valence-corrected chi connectivity index (χ2v) is 8.83. The van der Waals surface area contributed by atoms with E-state index in [0.717, 1.165) is 67.3 Å². The van der Waals surface area contributed by atoms with Gasteiger partial charge in [0, 0.05) is 31.0 Å². The van der Waals surface area contributed by atoms with Crippen LogP contribution in [0, 0.1) is 31.8 Å². The first-order valence-corrected chi connectivity index (χ1v) is 12.4. The van der Waals surface area contributed by atoms with Gasteiger partial charge in [0.25, 0.3) is 0 Å². The van der Waals surface area contributed by atoms with E-state index in [1.807, 2.05) is 26.0 Å². The maximum atomic E-state index is 9.07. The molecule has 0 atom stereocenters. The van der Waals surface area contributed by atoms with Gasteiger partial charge in [-0.05, 0) is 61.2 Å². The van der Waals surface area contributed by atoms with Gasteiger partial charge >= 0.3 is 6.01 Å². The Morgan fingerprint density at radius 3 is 2.42 bits per heavy atom. The summed E-state index contributed by atoms with van der Waals surface area (Å²) in [6.07, 6.45) is 4.06. The number of anilines is 4. The van der Waals surface area contributed by atoms with Crippen molar-refractivity contribution in [3.8, 4) is 12.1 Å². The molecule has 2 N–H and O–H groups in total. The molecule has 1 saturated heterocycles. The van der Waals surface area contributed by atoms with Crippen molar-refractivity contribution < 1.29 is 9.47 Å². The maximum Gasteiger partial charge on any atom is 0.323 e. The molecule has 10 nitrogen and oxygen atoms in total. The lowest BCUT2D eigenvalue weighted by atomic mass is 10.0. The lowest BCUT2D eigenvalue weighted by molar-refractivity contribution is 0.0356. The summed E-state index contributed by atoms with van der Waals surface area (Å²) in [5.41, 5.74) is 5.11. The Hall–Kier alpha value is -4.51.